The standard InChI is InChI=1S/C63H72N8O11/c64-59-57-55(46-16-6-3-7-17-46)58(47-18-8-4-9-19-47)69(60(57)67-43-70(59)48-23-25-49(72)26-24-48)42-45-15-11-14-44(41-45)13-5-1-2-10-22-53(73)66-30-32-79-34-36-81-38-40-82-39-37-80-35-33-78-31-29-65-51-21-12-20-50-56(51)63(77)71(62(50)76)52-27-28-54(74)68-61(52)75/h3-4,6-9,11-12,14-21,41,43,48-49,52,64-65,72H,1-2,10,22-40,42H2,(H,66,73)(H,68,74,75). The van der Waals surface area contributed by atoms with Gasteiger partial charge in [0.1, 0.15) is 17.2 Å². The van der Waals surface area contributed by atoms with E-state index in [1.807, 2.05) is 59.4 Å². The van der Waals surface area contributed by atoms with Crippen molar-refractivity contribution in [1.29, 1.82) is 5.41 Å². The minimum Gasteiger partial charge on any atom is -0.393 e. The molecular formula is C63H72N8O11. The van der Waals surface area contributed by atoms with Gasteiger partial charge in [0.2, 0.25) is 17.7 Å². The molecule has 3 aliphatic rings. The number of rotatable bonds is 29. The largest absolute Gasteiger partial charge is 0.393 e. The number of nitrogens with one attached hydrogen (secondary N) is 4. The molecule has 82 heavy (non-hydrogen) atoms. The summed E-state index contributed by atoms with van der Waals surface area (Å²) in [6, 6.07) is 32.9. The highest BCUT2D eigenvalue weighted by Gasteiger charge is 2.45. The second-order valence-electron chi connectivity index (χ2n) is 20.4. The summed E-state index contributed by atoms with van der Waals surface area (Å²) in [5.41, 5.74) is 8.08. The van der Waals surface area contributed by atoms with Gasteiger partial charge >= 0.3 is 0 Å². The van der Waals surface area contributed by atoms with E-state index in [1.165, 1.54) is 0 Å². The van der Waals surface area contributed by atoms with E-state index >= 15 is 0 Å². The van der Waals surface area contributed by atoms with E-state index in [0.717, 1.165) is 75.1 Å². The molecule has 1 atom stereocenters. The van der Waals surface area contributed by atoms with Crippen LogP contribution in [0.25, 0.3) is 33.4 Å². The van der Waals surface area contributed by atoms with Crippen LogP contribution in [0.4, 0.5) is 5.69 Å². The maximum Gasteiger partial charge on any atom is 0.264 e. The normalized spacial score (nSPS) is 16.9. The van der Waals surface area contributed by atoms with Crippen LogP contribution in [0.2, 0.25) is 0 Å². The predicted molar refractivity (Wildman–Crippen MR) is 308 cm³/mol. The van der Waals surface area contributed by atoms with Crippen LogP contribution in [0, 0.1) is 17.3 Å². The molecule has 4 heterocycles. The molecule has 9 rings (SSSR count). The van der Waals surface area contributed by atoms with E-state index in [-0.39, 0.29) is 42.0 Å². The van der Waals surface area contributed by atoms with Crippen molar-refractivity contribution >= 4 is 46.3 Å². The number of anilines is 1. The highest BCUT2D eigenvalue weighted by molar-refractivity contribution is 6.25. The molecule has 2 aliphatic heterocycles. The summed E-state index contributed by atoms with van der Waals surface area (Å²) < 4.78 is 32.2. The van der Waals surface area contributed by atoms with Crippen molar-refractivity contribution in [2.24, 2.45) is 0 Å². The molecule has 6 aromatic rings. The number of aliphatic hydroxyl groups excluding tert-OH is 1. The van der Waals surface area contributed by atoms with Gasteiger partial charge in [-0.25, -0.2) is 4.98 Å². The van der Waals surface area contributed by atoms with Gasteiger partial charge < -0.3 is 48.6 Å². The molecule has 4 aromatic carbocycles. The third kappa shape index (κ3) is 15.2. The lowest BCUT2D eigenvalue weighted by atomic mass is 9.93. The molecule has 19 nitrogen and oxygen atoms in total. The van der Waals surface area contributed by atoms with Gasteiger partial charge in [0, 0.05) is 61.8 Å². The molecule has 1 aliphatic carbocycles. The zero-order chi connectivity index (χ0) is 57.0. The first-order valence-corrected chi connectivity index (χ1v) is 28.4. The second-order valence-corrected chi connectivity index (χ2v) is 20.4. The summed E-state index contributed by atoms with van der Waals surface area (Å²) in [4.78, 5) is 68.8. The number of imide groups is 2. The Hall–Kier alpha value is -7.83. The van der Waals surface area contributed by atoms with Crippen molar-refractivity contribution in [2.45, 2.75) is 88.9 Å². The molecule has 1 saturated carbocycles. The fourth-order valence-electron chi connectivity index (χ4n) is 10.7. The van der Waals surface area contributed by atoms with Crippen molar-refractivity contribution in [3.05, 3.63) is 137 Å². The highest BCUT2D eigenvalue weighted by Crippen LogP contribution is 2.40. The minimum absolute atomic E-state index is 0.0181. The van der Waals surface area contributed by atoms with Crippen LogP contribution < -0.4 is 21.4 Å². The number of benzene rings is 4. The number of unbranched alkanes of at least 4 members (excludes halogenated alkanes) is 2. The summed E-state index contributed by atoms with van der Waals surface area (Å²) in [6.45, 7) is 5.15. The van der Waals surface area contributed by atoms with E-state index in [9.17, 15) is 34.5 Å². The lowest BCUT2D eigenvalue weighted by Gasteiger charge is -2.27. The fourth-order valence-corrected chi connectivity index (χ4v) is 10.7. The van der Waals surface area contributed by atoms with Gasteiger partial charge in [-0.2, -0.15) is 0 Å². The number of carbonyl (C=O) groups is 5. The SMILES string of the molecule is N=c1c2c(-c3ccccc3)c(-c3ccccc3)n(Cc3cccc(C#CCCCCC(=O)NCCOCCOCCOCCOCCOCCNc4cccc5c4C(=O)N(C4CCC(=O)NC4=O)C5=O)c3)c2ncn1C1CCC(O)CC1. The molecule has 5 amide bonds. The van der Waals surface area contributed by atoms with Gasteiger partial charge in [-0.3, -0.25) is 39.6 Å². The van der Waals surface area contributed by atoms with Crippen LogP contribution in [0.15, 0.2) is 109 Å². The molecule has 0 bridgehead atoms. The van der Waals surface area contributed by atoms with E-state index in [1.54, 1.807) is 18.2 Å². The number of ether oxygens (including phenoxy) is 5. The summed E-state index contributed by atoms with van der Waals surface area (Å²) in [6.07, 6.45) is 7.33. The summed E-state index contributed by atoms with van der Waals surface area (Å²) >= 11 is 0. The smallest absolute Gasteiger partial charge is 0.264 e. The Kier molecular flexibility index (Phi) is 21.3. The Labute approximate surface area is 477 Å². The highest BCUT2D eigenvalue weighted by atomic mass is 16.6. The molecular weight excluding hydrogens is 1040 g/mol. The second kappa shape index (κ2) is 29.8. The lowest BCUT2D eigenvalue weighted by Crippen LogP contribution is -2.54. The fraction of sp³-hybridized carbons (Fsp3) is 0.413. The van der Waals surface area contributed by atoms with Gasteiger partial charge in [-0.15, -0.1) is 0 Å². The van der Waals surface area contributed by atoms with Crippen molar-refractivity contribution in [1.82, 2.24) is 29.7 Å². The first-order valence-electron chi connectivity index (χ1n) is 28.4. The van der Waals surface area contributed by atoms with Gasteiger partial charge in [0.15, 0.2) is 0 Å². The molecule has 430 valence electrons. The number of aromatic nitrogens is 3. The summed E-state index contributed by atoms with van der Waals surface area (Å²) in [5.74, 6) is 4.43. The number of hydrogen-bond donors (Lipinski definition) is 5. The number of nitrogens with zero attached hydrogens (tertiary/aromatic N) is 4. The van der Waals surface area contributed by atoms with Crippen LogP contribution in [-0.2, 0) is 44.6 Å². The minimum atomic E-state index is -1.02. The third-order valence-electron chi connectivity index (χ3n) is 14.7. The molecule has 0 radical (unpaired) electrons. The molecule has 1 unspecified atom stereocenters. The zero-order valence-electron chi connectivity index (χ0n) is 46.2. The van der Waals surface area contributed by atoms with Crippen LogP contribution in [0.5, 0.6) is 0 Å². The Morgan fingerprint density at radius 1 is 0.707 bits per heavy atom. The number of amides is 5. The monoisotopic (exact) mass is 1120 g/mol. The Balaban J connectivity index is 0.606. The molecule has 2 fully saturated rings. The quantitative estimate of drug-likeness (QED) is 0.0185. The first kappa shape index (κ1) is 58.8. The molecule has 19 heteroatoms. The van der Waals surface area contributed by atoms with Crippen LogP contribution >= 0.6 is 0 Å². The first-order chi connectivity index (χ1) is 40.2. The average molecular weight is 1120 g/mol. The van der Waals surface area contributed by atoms with E-state index in [0.29, 0.717) is 123 Å². The Bertz CT molecular complexity index is 3290. The number of piperidine rings is 1. The summed E-state index contributed by atoms with van der Waals surface area (Å²) in [7, 11) is 0. The van der Waals surface area contributed by atoms with Crippen molar-refractivity contribution in [3.63, 3.8) is 0 Å². The summed E-state index contributed by atoms with van der Waals surface area (Å²) in [5, 5.41) is 29.0. The number of fused-ring (bicyclic) bond motifs is 2. The number of hydrogen-bond acceptors (Lipinski definition) is 14. The van der Waals surface area contributed by atoms with Crippen LogP contribution in [0.3, 0.4) is 0 Å². The van der Waals surface area contributed by atoms with Gasteiger partial charge in [0.25, 0.3) is 11.8 Å². The van der Waals surface area contributed by atoms with Gasteiger partial charge in [-0.1, -0.05) is 90.7 Å². The Morgan fingerprint density at radius 2 is 1.35 bits per heavy atom. The van der Waals surface area contributed by atoms with Crippen molar-refractivity contribution in [3.8, 4) is 34.2 Å². The third-order valence-corrected chi connectivity index (χ3v) is 14.7. The maximum atomic E-state index is 13.2. The average Bonchev–Trinajstić information content (AvgIpc) is 2.30. The maximum absolute atomic E-state index is 13.2. The van der Waals surface area contributed by atoms with E-state index in [2.05, 4.69) is 68.8 Å². The van der Waals surface area contributed by atoms with Gasteiger partial charge in [0.05, 0.1) is 101 Å². The lowest BCUT2D eigenvalue weighted by molar-refractivity contribution is -0.136. The van der Waals surface area contributed by atoms with Crippen molar-refractivity contribution < 1.29 is 52.8 Å². The number of carbonyl (C=O) groups excluding carboxylic acids is 5. The van der Waals surface area contributed by atoms with E-state index in [4.69, 9.17) is 28.7 Å². The predicted octanol–water partition coefficient (Wildman–Crippen LogP) is 6.80. The molecule has 5 N–H and O–H groups in total. The van der Waals surface area contributed by atoms with Gasteiger partial charge in [-0.05, 0) is 85.9 Å². The van der Waals surface area contributed by atoms with Crippen LogP contribution in [0.1, 0.15) is 102 Å². The Morgan fingerprint density at radius 3 is 2.04 bits per heavy atom. The molecule has 1 saturated heterocycles. The van der Waals surface area contributed by atoms with Crippen molar-refractivity contribution in [2.75, 3.05) is 84.5 Å². The van der Waals surface area contributed by atoms with Crippen LogP contribution in [-0.4, -0.2) is 145 Å². The molecule has 0 spiro atoms. The topological polar surface area (TPSA) is 238 Å². The van der Waals surface area contributed by atoms with E-state index < -0.39 is 29.7 Å². The number of aliphatic hydroxyl groups is 1. The molecule has 2 aromatic heterocycles. The zero-order valence-corrected chi connectivity index (χ0v) is 46.2.